The van der Waals surface area contributed by atoms with Crippen LogP contribution in [0.15, 0.2) is 24.5 Å². The van der Waals surface area contributed by atoms with Gasteiger partial charge in [-0.25, -0.2) is 0 Å². The van der Waals surface area contributed by atoms with E-state index < -0.39 is 0 Å². The second kappa shape index (κ2) is 3.25. The largest absolute Gasteiger partial charge is 0.317 e. The molecule has 2 rings (SSSR count). The fourth-order valence-corrected chi connectivity index (χ4v) is 1.59. The molecule has 0 unspecified atom stereocenters. The molecule has 0 aliphatic heterocycles. The lowest BCUT2D eigenvalue weighted by molar-refractivity contribution is 0.918. The Labute approximate surface area is 83.4 Å². The quantitative estimate of drug-likeness (QED) is 0.684. The molecule has 3 nitrogen and oxygen atoms in total. The van der Waals surface area contributed by atoms with Gasteiger partial charge in [-0.1, -0.05) is 23.8 Å². The SMILES string of the molecule is Cc1ccc(-c2nncn2C)c(C)c1. The lowest BCUT2D eigenvalue weighted by Gasteiger charge is -2.05. The molecule has 0 saturated heterocycles. The molecule has 0 N–H and O–H groups in total. The van der Waals surface area contributed by atoms with E-state index in [0.717, 1.165) is 11.4 Å². The zero-order chi connectivity index (χ0) is 10.1. The Bertz CT molecular complexity index is 457. The highest BCUT2D eigenvalue weighted by molar-refractivity contribution is 5.60. The molecule has 0 bridgehead atoms. The molecule has 0 aliphatic carbocycles. The Morgan fingerprint density at radius 3 is 2.57 bits per heavy atom. The molecule has 0 atom stereocenters. The molecular weight excluding hydrogens is 174 g/mol. The van der Waals surface area contributed by atoms with E-state index in [0.29, 0.717) is 0 Å². The van der Waals surface area contributed by atoms with Crippen molar-refractivity contribution in [1.82, 2.24) is 14.8 Å². The standard InChI is InChI=1S/C11H13N3/c1-8-4-5-10(9(2)6-8)11-13-12-7-14(11)3/h4-7H,1-3H3. The number of hydrogen-bond acceptors (Lipinski definition) is 2. The maximum atomic E-state index is 4.09. The second-order valence-electron chi connectivity index (χ2n) is 3.58. The molecule has 1 aromatic carbocycles. The predicted octanol–water partition coefficient (Wildman–Crippen LogP) is 2.10. The summed E-state index contributed by atoms with van der Waals surface area (Å²) < 4.78 is 1.93. The summed E-state index contributed by atoms with van der Waals surface area (Å²) in [4.78, 5) is 0. The smallest absolute Gasteiger partial charge is 0.163 e. The molecule has 0 amide bonds. The number of aromatic nitrogens is 3. The monoisotopic (exact) mass is 187 g/mol. The van der Waals surface area contributed by atoms with Crippen LogP contribution >= 0.6 is 0 Å². The van der Waals surface area contributed by atoms with Gasteiger partial charge in [-0.2, -0.15) is 0 Å². The van der Waals surface area contributed by atoms with Gasteiger partial charge in [0.2, 0.25) is 0 Å². The van der Waals surface area contributed by atoms with Crippen molar-refractivity contribution in [2.45, 2.75) is 13.8 Å². The first-order valence-electron chi connectivity index (χ1n) is 4.60. The topological polar surface area (TPSA) is 30.7 Å². The van der Waals surface area contributed by atoms with Gasteiger partial charge >= 0.3 is 0 Å². The number of rotatable bonds is 1. The van der Waals surface area contributed by atoms with Crippen LogP contribution in [0.25, 0.3) is 11.4 Å². The highest BCUT2D eigenvalue weighted by atomic mass is 15.2. The van der Waals surface area contributed by atoms with Gasteiger partial charge in [0.15, 0.2) is 5.82 Å². The van der Waals surface area contributed by atoms with Gasteiger partial charge in [0, 0.05) is 12.6 Å². The maximum Gasteiger partial charge on any atom is 0.163 e. The predicted molar refractivity (Wildman–Crippen MR) is 55.9 cm³/mol. The third-order valence-corrected chi connectivity index (χ3v) is 2.33. The third-order valence-electron chi connectivity index (χ3n) is 2.33. The van der Waals surface area contributed by atoms with E-state index in [-0.39, 0.29) is 0 Å². The van der Waals surface area contributed by atoms with E-state index in [1.54, 1.807) is 6.33 Å². The van der Waals surface area contributed by atoms with Crippen molar-refractivity contribution < 1.29 is 0 Å². The lowest BCUT2D eigenvalue weighted by Crippen LogP contribution is -1.93. The first-order chi connectivity index (χ1) is 6.68. The van der Waals surface area contributed by atoms with Gasteiger partial charge in [-0.3, -0.25) is 0 Å². The van der Waals surface area contributed by atoms with Gasteiger partial charge in [0.1, 0.15) is 6.33 Å². The third kappa shape index (κ3) is 1.41. The summed E-state index contributed by atoms with van der Waals surface area (Å²) in [5.41, 5.74) is 3.66. The van der Waals surface area contributed by atoms with Crippen molar-refractivity contribution in [3.8, 4) is 11.4 Å². The van der Waals surface area contributed by atoms with Gasteiger partial charge in [0.25, 0.3) is 0 Å². The van der Waals surface area contributed by atoms with E-state index in [1.807, 2.05) is 11.6 Å². The number of nitrogens with zero attached hydrogens (tertiary/aromatic N) is 3. The van der Waals surface area contributed by atoms with Crippen LogP contribution in [0.2, 0.25) is 0 Å². The molecule has 2 aromatic rings. The summed E-state index contributed by atoms with van der Waals surface area (Å²) in [6.45, 7) is 4.18. The van der Waals surface area contributed by atoms with Crippen molar-refractivity contribution in [2.24, 2.45) is 7.05 Å². The van der Waals surface area contributed by atoms with Crippen LogP contribution < -0.4 is 0 Å². The van der Waals surface area contributed by atoms with E-state index in [9.17, 15) is 0 Å². The maximum absolute atomic E-state index is 4.09. The molecule has 1 aromatic heterocycles. The van der Waals surface area contributed by atoms with Crippen molar-refractivity contribution in [1.29, 1.82) is 0 Å². The molecule has 1 heterocycles. The van der Waals surface area contributed by atoms with Crippen LogP contribution in [0.3, 0.4) is 0 Å². The molecule has 0 aliphatic rings. The minimum Gasteiger partial charge on any atom is -0.317 e. The molecule has 14 heavy (non-hydrogen) atoms. The van der Waals surface area contributed by atoms with E-state index >= 15 is 0 Å². The summed E-state index contributed by atoms with van der Waals surface area (Å²) in [6.07, 6.45) is 1.72. The van der Waals surface area contributed by atoms with Crippen molar-refractivity contribution in [3.05, 3.63) is 35.7 Å². The molecule has 0 fully saturated rings. The molecule has 72 valence electrons. The fraction of sp³-hybridized carbons (Fsp3) is 0.273. The van der Waals surface area contributed by atoms with Crippen molar-refractivity contribution in [3.63, 3.8) is 0 Å². The van der Waals surface area contributed by atoms with E-state index in [4.69, 9.17) is 0 Å². The highest BCUT2D eigenvalue weighted by Gasteiger charge is 2.06. The van der Waals surface area contributed by atoms with Crippen LogP contribution in [0.5, 0.6) is 0 Å². The summed E-state index contributed by atoms with van der Waals surface area (Å²) in [5, 5.41) is 7.96. The summed E-state index contributed by atoms with van der Waals surface area (Å²) in [7, 11) is 1.95. The van der Waals surface area contributed by atoms with Crippen molar-refractivity contribution >= 4 is 0 Å². The van der Waals surface area contributed by atoms with Crippen LogP contribution in [0.4, 0.5) is 0 Å². The Morgan fingerprint density at radius 2 is 2.00 bits per heavy atom. The number of benzene rings is 1. The van der Waals surface area contributed by atoms with Crippen LogP contribution in [-0.4, -0.2) is 14.8 Å². The summed E-state index contributed by atoms with van der Waals surface area (Å²) >= 11 is 0. The highest BCUT2D eigenvalue weighted by Crippen LogP contribution is 2.21. The fourth-order valence-electron chi connectivity index (χ4n) is 1.59. The number of aryl methyl sites for hydroxylation is 3. The first-order valence-corrected chi connectivity index (χ1v) is 4.60. The van der Waals surface area contributed by atoms with Crippen LogP contribution in [0, 0.1) is 13.8 Å². The molecule has 3 heteroatoms. The zero-order valence-electron chi connectivity index (χ0n) is 8.65. The Morgan fingerprint density at radius 1 is 1.21 bits per heavy atom. The second-order valence-corrected chi connectivity index (χ2v) is 3.58. The Hall–Kier alpha value is -1.64. The van der Waals surface area contributed by atoms with Gasteiger partial charge < -0.3 is 4.57 Å². The molecular formula is C11H13N3. The van der Waals surface area contributed by atoms with Crippen LogP contribution in [-0.2, 0) is 7.05 Å². The minimum absolute atomic E-state index is 0.919. The van der Waals surface area contributed by atoms with E-state index in [1.165, 1.54) is 11.1 Å². The Kier molecular flexibility index (Phi) is 2.08. The lowest BCUT2D eigenvalue weighted by atomic mass is 10.1. The summed E-state index contributed by atoms with van der Waals surface area (Å²) in [5.74, 6) is 0.919. The van der Waals surface area contributed by atoms with Crippen molar-refractivity contribution in [2.75, 3.05) is 0 Å². The average molecular weight is 187 g/mol. The normalized spacial score (nSPS) is 10.5. The average Bonchev–Trinajstić information content (AvgIpc) is 2.52. The molecule has 0 radical (unpaired) electrons. The molecule has 0 saturated carbocycles. The zero-order valence-corrected chi connectivity index (χ0v) is 8.65. The first kappa shape index (κ1) is 8.94. The van der Waals surface area contributed by atoms with E-state index in [2.05, 4.69) is 42.2 Å². The Balaban J connectivity index is 2.58. The minimum atomic E-state index is 0.919. The molecule has 0 spiro atoms. The van der Waals surface area contributed by atoms with Gasteiger partial charge in [0.05, 0.1) is 0 Å². The van der Waals surface area contributed by atoms with Gasteiger partial charge in [-0.15, -0.1) is 10.2 Å². The van der Waals surface area contributed by atoms with Gasteiger partial charge in [-0.05, 0) is 19.4 Å². The van der Waals surface area contributed by atoms with Crippen LogP contribution in [0.1, 0.15) is 11.1 Å². The number of hydrogen-bond donors (Lipinski definition) is 0. The summed E-state index contributed by atoms with van der Waals surface area (Å²) in [6, 6.07) is 6.34.